The van der Waals surface area contributed by atoms with Crippen LogP contribution in [0.2, 0.25) is 5.02 Å². The van der Waals surface area contributed by atoms with Gasteiger partial charge in [-0.1, -0.05) is 42.8 Å². The van der Waals surface area contributed by atoms with E-state index < -0.39 is 0 Å². The van der Waals surface area contributed by atoms with Gasteiger partial charge in [0.25, 0.3) is 0 Å². The van der Waals surface area contributed by atoms with Crippen LogP contribution in [-0.2, 0) is 6.42 Å². The van der Waals surface area contributed by atoms with Gasteiger partial charge < -0.3 is 5.73 Å². The van der Waals surface area contributed by atoms with Gasteiger partial charge in [-0.25, -0.2) is 0 Å². The van der Waals surface area contributed by atoms with E-state index in [4.69, 9.17) is 17.3 Å². The summed E-state index contributed by atoms with van der Waals surface area (Å²) in [4.78, 5) is 12.3. The Hall–Kier alpha value is -1.80. The number of nitrogens with two attached hydrogens (primary N) is 1. The fraction of sp³-hybridized carbons (Fsp3) is 0.133. The minimum absolute atomic E-state index is 0.102. The van der Waals surface area contributed by atoms with Crippen LogP contribution < -0.4 is 5.73 Å². The molecule has 0 fully saturated rings. The number of anilines is 1. The molecule has 3 heteroatoms. The van der Waals surface area contributed by atoms with Crippen molar-refractivity contribution in [3.8, 4) is 0 Å². The third-order valence-electron chi connectivity index (χ3n) is 2.86. The number of carbonyl (C=O) groups is 1. The monoisotopic (exact) mass is 259 g/mol. The number of aryl methyl sites for hydroxylation is 1. The maximum absolute atomic E-state index is 12.3. The predicted octanol–water partition coefficient (Wildman–Crippen LogP) is 3.72. The second kappa shape index (κ2) is 5.23. The molecule has 0 spiro atoms. The summed E-state index contributed by atoms with van der Waals surface area (Å²) in [5.74, 6) is -0.102. The van der Waals surface area contributed by atoms with E-state index in [2.05, 4.69) is 6.92 Å². The minimum atomic E-state index is -0.102. The average Bonchev–Trinajstić information content (AvgIpc) is 2.41. The largest absolute Gasteiger partial charge is 0.399 e. The smallest absolute Gasteiger partial charge is 0.194 e. The molecule has 92 valence electrons. The third kappa shape index (κ3) is 2.54. The number of hydrogen-bond acceptors (Lipinski definition) is 2. The van der Waals surface area contributed by atoms with Gasteiger partial charge in [-0.3, -0.25) is 4.79 Å². The molecule has 0 saturated heterocycles. The first-order chi connectivity index (χ1) is 8.61. The Morgan fingerprint density at radius 1 is 1.17 bits per heavy atom. The van der Waals surface area contributed by atoms with E-state index in [0.717, 1.165) is 6.42 Å². The molecule has 0 aliphatic heterocycles. The van der Waals surface area contributed by atoms with E-state index in [1.807, 2.05) is 24.3 Å². The van der Waals surface area contributed by atoms with Gasteiger partial charge >= 0.3 is 0 Å². The molecule has 2 aromatic rings. The number of ketones is 1. The van der Waals surface area contributed by atoms with Crippen molar-refractivity contribution in [3.05, 3.63) is 64.2 Å². The lowest BCUT2D eigenvalue weighted by atomic mass is 10.0. The van der Waals surface area contributed by atoms with Crippen molar-refractivity contribution in [2.45, 2.75) is 13.3 Å². The molecule has 0 aromatic heterocycles. The average molecular weight is 260 g/mol. The topological polar surface area (TPSA) is 43.1 Å². The highest BCUT2D eigenvalue weighted by molar-refractivity contribution is 6.35. The van der Waals surface area contributed by atoms with Crippen LogP contribution in [0.3, 0.4) is 0 Å². The van der Waals surface area contributed by atoms with Crippen molar-refractivity contribution in [2.75, 3.05) is 5.73 Å². The maximum atomic E-state index is 12.3. The molecule has 0 aliphatic carbocycles. The summed E-state index contributed by atoms with van der Waals surface area (Å²) < 4.78 is 0. The van der Waals surface area contributed by atoms with Crippen LogP contribution in [0.1, 0.15) is 28.4 Å². The SMILES string of the molecule is CCc1ccc(C(=O)c2cc(N)ccc2Cl)cc1. The predicted molar refractivity (Wildman–Crippen MR) is 75.1 cm³/mol. The maximum Gasteiger partial charge on any atom is 0.194 e. The van der Waals surface area contributed by atoms with E-state index in [9.17, 15) is 4.79 Å². The molecule has 0 saturated carbocycles. The van der Waals surface area contributed by atoms with Gasteiger partial charge in [-0.05, 0) is 30.2 Å². The molecule has 2 aromatic carbocycles. The Kier molecular flexibility index (Phi) is 3.68. The zero-order valence-electron chi connectivity index (χ0n) is 10.1. The molecule has 0 atom stereocenters. The highest BCUT2D eigenvalue weighted by Gasteiger charge is 2.12. The molecule has 0 amide bonds. The number of hydrogen-bond donors (Lipinski definition) is 1. The Morgan fingerprint density at radius 2 is 1.83 bits per heavy atom. The summed E-state index contributed by atoms with van der Waals surface area (Å²) >= 11 is 6.02. The van der Waals surface area contributed by atoms with Crippen molar-refractivity contribution in [1.29, 1.82) is 0 Å². The molecule has 2 nitrogen and oxygen atoms in total. The zero-order chi connectivity index (χ0) is 13.1. The van der Waals surface area contributed by atoms with Gasteiger partial charge in [0.1, 0.15) is 0 Å². The summed E-state index contributed by atoms with van der Waals surface area (Å²) in [7, 11) is 0. The van der Waals surface area contributed by atoms with Gasteiger partial charge in [0, 0.05) is 16.8 Å². The summed E-state index contributed by atoms with van der Waals surface area (Å²) in [5.41, 5.74) is 8.48. The zero-order valence-corrected chi connectivity index (χ0v) is 10.9. The van der Waals surface area contributed by atoms with E-state index in [-0.39, 0.29) is 5.78 Å². The highest BCUT2D eigenvalue weighted by atomic mass is 35.5. The fourth-order valence-electron chi connectivity index (χ4n) is 1.76. The number of benzene rings is 2. The van der Waals surface area contributed by atoms with Gasteiger partial charge in [0.2, 0.25) is 0 Å². The molecule has 2 rings (SSSR count). The normalized spacial score (nSPS) is 10.3. The van der Waals surface area contributed by atoms with Gasteiger partial charge in [0.05, 0.1) is 5.02 Å². The van der Waals surface area contributed by atoms with E-state index in [1.54, 1.807) is 18.2 Å². The van der Waals surface area contributed by atoms with Crippen LogP contribution in [0, 0.1) is 0 Å². The molecule has 2 N–H and O–H groups in total. The number of rotatable bonds is 3. The highest BCUT2D eigenvalue weighted by Crippen LogP contribution is 2.22. The van der Waals surface area contributed by atoms with Crippen LogP contribution in [0.15, 0.2) is 42.5 Å². The van der Waals surface area contributed by atoms with Gasteiger partial charge in [-0.15, -0.1) is 0 Å². The Balaban J connectivity index is 2.38. The van der Waals surface area contributed by atoms with Crippen molar-refractivity contribution in [1.82, 2.24) is 0 Å². The molecule has 0 unspecified atom stereocenters. The lowest BCUT2D eigenvalue weighted by Crippen LogP contribution is -2.03. The Morgan fingerprint density at radius 3 is 2.44 bits per heavy atom. The summed E-state index contributed by atoms with van der Waals surface area (Å²) in [6.45, 7) is 2.07. The first kappa shape index (κ1) is 12.7. The van der Waals surface area contributed by atoms with Crippen LogP contribution in [-0.4, -0.2) is 5.78 Å². The van der Waals surface area contributed by atoms with Crippen molar-refractivity contribution >= 4 is 23.1 Å². The minimum Gasteiger partial charge on any atom is -0.399 e. The molecule has 0 radical (unpaired) electrons. The second-order valence-corrected chi connectivity index (χ2v) is 4.53. The first-order valence-corrected chi connectivity index (χ1v) is 6.18. The molecule has 0 aliphatic rings. The Labute approximate surface area is 111 Å². The second-order valence-electron chi connectivity index (χ2n) is 4.12. The quantitative estimate of drug-likeness (QED) is 0.674. The lowest BCUT2D eigenvalue weighted by Gasteiger charge is -2.05. The number of nitrogen functional groups attached to an aromatic ring is 1. The standard InChI is InChI=1S/C15H14ClNO/c1-2-10-3-5-11(6-4-10)15(18)13-9-12(17)7-8-14(13)16/h3-9H,2,17H2,1H3. The van der Waals surface area contributed by atoms with Crippen LogP contribution >= 0.6 is 11.6 Å². The van der Waals surface area contributed by atoms with E-state index in [1.165, 1.54) is 5.56 Å². The lowest BCUT2D eigenvalue weighted by molar-refractivity contribution is 0.103. The fourth-order valence-corrected chi connectivity index (χ4v) is 1.97. The molecule has 0 bridgehead atoms. The van der Waals surface area contributed by atoms with E-state index >= 15 is 0 Å². The third-order valence-corrected chi connectivity index (χ3v) is 3.19. The molecular formula is C15H14ClNO. The summed E-state index contributed by atoms with van der Waals surface area (Å²) in [5, 5.41) is 0.425. The van der Waals surface area contributed by atoms with E-state index in [0.29, 0.717) is 21.8 Å². The Bertz CT molecular complexity index is 576. The van der Waals surface area contributed by atoms with Crippen molar-refractivity contribution < 1.29 is 4.79 Å². The van der Waals surface area contributed by atoms with Gasteiger partial charge in [-0.2, -0.15) is 0 Å². The molecular weight excluding hydrogens is 246 g/mol. The first-order valence-electron chi connectivity index (χ1n) is 5.80. The van der Waals surface area contributed by atoms with Crippen LogP contribution in [0.25, 0.3) is 0 Å². The summed E-state index contributed by atoms with van der Waals surface area (Å²) in [6.07, 6.45) is 0.952. The van der Waals surface area contributed by atoms with Crippen LogP contribution in [0.4, 0.5) is 5.69 Å². The number of carbonyl (C=O) groups excluding carboxylic acids is 1. The number of halogens is 1. The molecule has 0 heterocycles. The van der Waals surface area contributed by atoms with Crippen molar-refractivity contribution in [2.24, 2.45) is 0 Å². The van der Waals surface area contributed by atoms with Crippen molar-refractivity contribution in [3.63, 3.8) is 0 Å². The van der Waals surface area contributed by atoms with Gasteiger partial charge in [0.15, 0.2) is 5.78 Å². The molecule has 18 heavy (non-hydrogen) atoms. The summed E-state index contributed by atoms with van der Waals surface area (Å²) in [6, 6.07) is 12.5. The van der Waals surface area contributed by atoms with Crippen LogP contribution in [0.5, 0.6) is 0 Å².